The Bertz CT molecular complexity index is 650. The minimum Gasteiger partial charge on any atom is -0.444 e. The Hall–Kier alpha value is -1.93. The SMILES string of the molecule is CN1CCN(c2ncc(NC(=O)c3ccc(Br)o3)cn2)CC1. The molecule has 7 nitrogen and oxygen atoms in total. The van der Waals surface area contributed by atoms with Gasteiger partial charge in [-0.1, -0.05) is 0 Å². The van der Waals surface area contributed by atoms with Gasteiger partial charge in [0.1, 0.15) is 0 Å². The maximum absolute atomic E-state index is 12.0. The summed E-state index contributed by atoms with van der Waals surface area (Å²) in [4.78, 5) is 25.0. The van der Waals surface area contributed by atoms with Gasteiger partial charge in [0.05, 0.1) is 18.1 Å². The van der Waals surface area contributed by atoms with E-state index in [0.29, 0.717) is 16.3 Å². The third kappa shape index (κ3) is 3.45. The highest BCUT2D eigenvalue weighted by Gasteiger charge is 2.16. The van der Waals surface area contributed by atoms with E-state index in [1.54, 1.807) is 24.5 Å². The number of aromatic nitrogens is 2. The lowest BCUT2D eigenvalue weighted by molar-refractivity contribution is 0.0995. The first kappa shape index (κ1) is 15.0. The van der Waals surface area contributed by atoms with Crippen molar-refractivity contribution in [3.8, 4) is 0 Å². The van der Waals surface area contributed by atoms with Gasteiger partial charge in [0.15, 0.2) is 10.4 Å². The standard InChI is InChI=1S/C14H16BrN5O2/c1-19-4-6-20(7-5-19)14-16-8-10(9-17-14)18-13(21)11-2-3-12(15)22-11/h2-3,8-9H,4-7H2,1H3,(H,18,21). The summed E-state index contributed by atoms with van der Waals surface area (Å²) in [5.74, 6) is 0.587. The Balaban J connectivity index is 1.63. The monoisotopic (exact) mass is 365 g/mol. The van der Waals surface area contributed by atoms with E-state index < -0.39 is 0 Å². The number of hydrogen-bond acceptors (Lipinski definition) is 6. The van der Waals surface area contributed by atoms with Crippen molar-refractivity contribution in [1.29, 1.82) is 0 Å². The van der Waals surface area contributed by atoms with E-state index in [1.165, 1.54) is 0 Å². The highest BCUT2D eigenvalue weighted by atomic mass is 79.9. The van der Waals surface area contributed by atoms with Crippen molar-refractivity contribution in [2.24, 2.45) is 0 Å². The summed E-state index contributed by atoms with van der Waals surface area (Å²) in [7, 11) is 2.10. The summed E-state index contributed by atoms with van der Waals surface area (Å²) in [6.07, 6.45) is 3.22. The molecule has 1 fully saturated rings. The lowest BCUT2D eigenvalue weighted by Crippen LogP contribution is -2.45. The summed E-state index contributed by atoms with van der Waals surface area (Å²) in [6.45, 7) is 3.80. The minimum absolute atomic E-state index is 0.231. The molecule has 0 atom stereocenters. The molecule has 2 aromatic heterocycles. The molecule has 3 heterocycles. The highest BCUT2D eigenvalue weighted by molar-refractivity contribution is 9.10. The Labute approximate surface area is 136 Å². The number of furan rings is 1. The van der Waals surface area contributed by atoms with Gasteiger partial charge in [0, 0.05) is 26.2 Å². The highest BCUT2D eigenvalue weighted by Crippen LogP contribution is 2.16. The van der Waals surface area contributed by atoms with Crippen LogP contribution >= 0.6 is 15.9 Å². The lowest BCUT2D eigenvalue weighted by atomic mass is 10.3. The number of rotatable bonds is 3. The predicted molar refractivity (Wildman–Crippen MR) is 86.1 cm³/mol. The van der Waals surface area contributed by atoms with Gasteiger partial charge in [-0.2, -0.15) is 0 Å². The number of nitrogens with one attached hydrogen (secondary N) is 1. The van der Waals surface area contributed by atoms with Crippen molar-refractivity contribution in [3.63, 3.8) is 0 Å². The molecule has 1 saturated heterocycles. The number of carbonyl (C=O) groups excluding carboxylic acids is 1. The largest absolute Gasteiger partial charge is 0.444 e. The average molecular weight is 366 g/mol. The lowest BCUT2D eigenvalue weighted by Gasteiger charge is -2.32. The molecule has 3 rings (SSSR count). The third-order valence-corrected chi connectivity index (χ3v) is 3.91. The number of carbonyl (C=O) groups is 1. The van der Waals surface area contributed by atoms with Crippen molar-refractivity contribution in [2.45, 2.75) is 0 Å². The summed E-state index contributed by atoms with van der Waals surface area (Å²) < 4.78 is 5.71. The molecule has 8 heteroatoms. The van der Waals surface area contributed by atoms with E-state index in [2.05, 4.69) is 48.1 Å². The van der Waals surface area contributed by atoms with E-state index in [0.717, 1.165) is 26.2 Å². The smallest absolute Gasteiger partial charge is 0.291 e. The topological polar surface area (TPSA) is 74.5 Å². The number of nitrogens with zero attached hydrogens (tertiary/aromatic N) is 4. The Kier molecular flexibility index (Phi) is 4.39. The molecule has 2 aromatic rings. The molecular weight excluding hydrogens is 350 g/mol. The molecule has 116 valence electrons. The fourth-order valence-electron chi connectivity index (χ4n) is 2.18. The molecule has 1 aliphatic rings. The summed E-state index contributed by atoms with van der Waals surface area (Å²) >= 11 is 3.16. The summed E-state index contributed by atoms with van der Waals surface area (Å²) in [6, 6.07) is 3.26. The van der Waals surface area contributed by atoms with Gasteiger partial charge in [0.25, 0.3) is 5.91 Å². The molecule has 0 saturated carbocycles. The second-order valence-electron chi connectivity index (χ2n) is 5.12. The molecule has 0 aliphatic carbocycles. The molecule has 1 N–H and O–H groups in total. The van der Waals surface area contributed by atoms with E-state index in [1.807, 2.05) is 0 Å². The molecular formula is C14H16BrN5O2. The van der Waals surface area contributed by atoms with Gasteiger partial charge >= 0.3 is 0 Å². The molecule has 0 bridgehead atoms. The molecule has 0 aromatic carbocycles. The van der Waals surface area contributed by atoms with E-state index in [4.69, 9.17) is 4.42 Å². The molecule has 1 amide bonds. The molecule has 0 radical (unpaired) electrons. The number of hydrogen-bond donors (Lipinski definition) is 1. The first-order valence-corrected chi connectivity index (χ1v) is 7.73. The second-order valence-corrected chi connectivity index (χ2v) is 5.90. The van der Waals surface area contributed by atoms with Crippen molar-refractivity contribution in [1.82, 2.24) is 14.9 Å². The Morgan fingerprint density at radius 3 is 2.50 bits per heavy atom. The van der Waals surface area contributed by atoms with Gasteiger partial charge in [-0.05, 0) is 35.1 Å². The van der Waals surface area contributed by atoms with E-state index in [9.17, 15) is 4.79 Å². The minimum atomic E-state index is -0.332. The van der Waals surface area contributed by atoms with Crippen LogP contribution in [0.2, 0.25) is 0 Å². The van der Waals surface area contributed by atoms with E-state index >= 15 is 0 Å². The van der Waals surface area contributed by atoms with Gasteiger partial charge in [-0.15, -0.1) is 0 Å². The number of amides is 1. The fourth-order valence-corrected chi connectivity index (χ4v) is 2.49. The van der Waals surface area contributed by atoms with Crippen molar-refractivity contribution < 1.29 is 9.21 Å². The van der Waals surface area contributed by atoms with Crippen molar-refractivity contribution >= 4 is 33.5 Å². The van der Waals surface area contributed by atoms with Crippen LogP contribution in [0, 0.1) is 0 Å². The molecule has 22 heavy (non-hydrogen) atoms. The van der Waals surface area contributed by atoms with Gasteiger partial charge in [-0.3, -0.25) is 4.79 Å². The first-order chi connectivity index (χ1) is 10.6. The predicted octanol–water partition coefficient (Wildman–Crippen LogP) is 1.84. The summed E-state index contributed by atoms with van der Waals surface area (Å²) in [5, 5.41) is 2.70. The number of likely N-dealkylation sites (N-methyl/N-ethyl adjacent to an activating group) is 1. The van der Waals surface area contributed by atoms with Crippen LogP contribution in [0.4, 0.5) is 11.6 Å². The van der Waals surface area contributed by atoms with Crippen LogP contribution < -0.4 is 10.2 Å². The zero-order valence-electron chi connectivity index (χ0n) is 12.1. The third-order valence-electron chi connectivity index (χ3n) is 3.48. The molecule has 0 unspecified atom stereocenters. The molecule has 1 aliphatic heterocycles. The number of piperazine rings is 1. The van der Waals surface area contributed by atoms with Crippen molar-refractivity contribution in [2.75, 3.05) is 43.4 Å². The van der Waals surface area contributed by atoms with Crippen LogP contribution in [-0.4, -0.2) is 54.0 Å². The Morgan fingerprint density at radius 2 is 1.91 bits per heavy atom. The number of anilines is 2. The molecule has 0 spiro atoms. The van der Waals surface area contributed by atoms with Crippen LogP contribution in [0.25, 0.3) is 0 Å². The first-order valence-electron chi connectivity index (χ1n) is 6.94. The van der Waals surface area contributed by atoms with Crippen LogP contribution in [0.5, 0.6) is 0 Å². The van der Waals surface area contributed by atoms with Crippen LogP contribution in [0.15, 0.2) is 33.6 Å². The number of halogens is 1. The summed E-state index contributed by atoms with van der Waals surface area (Å²) in [5.41, 5.74) is 0.537. The van der Waals surface area contributed by atoms with Gasteiger partial charge in [0.2, 0.25) is 5.95 Å². The van der Waals surface area contributed by atoms with E-state index in [-0.39, 0.29) is 11.7 Å². The van der Waals surface area contributed by atoms with Crippen LogP contribution in [0.1, 0.15) is 10.6 Å². The average Bonchev–Trinajstić information content (AvgIpc) is 2.96. The maximum atomic E-state index is 12.0. The van der Waals surface area contributed by atoms with Gasteiger partial charge < -0.3 is 19.5 Å². The second kappa shape index (κ2) is 6.45. The normalized spacial score (nSPS) is 15.8. The zero-order chi connectivity index (χ0) is 15.5. The zero-order valence-corrected chi connectivity index (χ0v) is 13.7. The Morgan fingerprint density at radius 1 is 1.23 bits per heavy atom. The van der Waals surface area contributed by atoms with Crippen LogP contribution in [0.3, 0.4) is 0 Å². The van der Waals surface area contributed by atoms with Crippen molar-refractivity contribution in [3.05, 3.63) is 35.0 Å². The quantitative estimate of drug-likeness (QED) is 0.894. The maximum Gasteiger partial charge on any atom is 0.291 e. The fraction of sp³-hybridized carbons (Fsp3) is 0.357. The van der Waals surface area contributed by atoms with Crippen LogP contribution in [-0.2, 0) is 0 Å². The van der Waals surface area contributed by atoms with Gasteiger partial charge in [-0.25, -0.2) is 9.97 Å².